The summed E-state index contributed by atoms with van der Waals surface area (Å²) in [5.74, 6) is -0.325. The minimum absolute atomic E-state index is 0.0783. The van der Waals surface area contributed by atoms with Crippen LogP contribution < -0.4 is 10.6 Å². The van der Waals surface area contributed by atoms with Gasteiger partial charge in [-0.15, -0.1) is 12.6 Å². The Morgan fingerprint density at radius 1 is 1.60 bits per heavy atom. The van der Waals surface area contributed by atoms with E-state index in [-0.39, 0.29) is 11.5 Å². The fourth-order valence-corrected chi connectivity index (χ4v) is 1.75. The van der Waals surface area contributed by atoms with Crippen LogP contribution in [0.15, 0.2) is 18.2 Å². The van der Waals surface area contributed by atoms with Crippen LogP contribution in [0.4, 0.5) is 5.69 Å². The van der Waals surface area contributed by atoms with Gasteiger partial charge in [0.25, 0.3) is 0 Å². The Labute approximate surface area is 93.4 Å². The zero-order valence-electron chi connectivity index (χ0n) is 8.28. The van der Waals surface area contributed by atoms with E-state index in [1.54, 1.807) is 12.1 Å². The van der Waals surface area contributed by atoms with Crippen molar-refractivity contribution in [3.63, 3.8) is 0 Å². The number of hydrogen-bond acceptors (Lipinski definition) is 5. The van der Waals surface area contributed by atoms with Crippen LogP contribution in [0, 0.1) is 0 Å². The molecule has 0 bridgehead atoms. The summed E-state index contributed by atoms with van der Waals surface area (Å²) in [6.45, 7) is 0.748. The summed E-state index contributed by atoms with van der Waals surface area (Å²) in [7, 11) is 1.37. The SMILES string of the molecule is COC(=O)c1ccc2c(c1)NC(S)NC2. The van der Waals surface area contributed by atoms with E-state index in [1.807, 2.05) is 6.07 Å². The summed E-state index contributed by atoms with van der Waals surface area (Å²) in [4.78, 5) is 11.3. The molecule has 0 fully saturated rings. The maximum absolute atomic E-state index is 11.3. The van der Waals surface area contributed by atoms with Crippen molar-refractivity contribution >= 4 is 24.3 Å². The van der Waals surface area contributed by atoms with E-state index < -0.39 is 0 Å². The van der Waals surface area contributed by atoms with E-state index in [0.29, 0.717) is 5.56 Å². The van der Waals surface area contributed by atoms with Crippen LogP contribution in [0.1, 0.15) is 15.9 Å². The zero-order chi connectivity index (χ0) is 10.8. The van der Waals surface area contributed by atoms with Crippen molar-refractivity contribution in [2.45, 2.75) is 12.0 Å². The van der Waals surface area contributed by atoms with Gasteiger partial charge in [0.1, 0.15) is 5.50 Å². The Morgan fingerprint density at radius 2 is 2.40 bits per heavy atom. The first kappa shape index (κ1) is 10.3. The number of carbonyl (C=O) groups excluding carboxylic acids is 1. The number of nitrogens with one attached hydrogen (secondary N) is 2. The second-order valence-electron chi connectivity index (χ2n) is 3.29. The summed E-state index contributed by atoms with van der Waals surface area (Å²) in [5, 5.41) is 6.26. The van der Waals surface area contributed by atoms with E-state index >= 15 is 0 Å². The normalized spacial score (nSPS) is 18.9. The topological polar surface area (TPSA) is 50.4 Å². The average molecular weight is 224 g/mol. The highest BCUT2D eigenvalue weighted by Gasteiger charge is 2.15. The molecule has 1 aromatic rings. The van der Waals surface area contributed by atoms with Gasteiger partial charge in [-0.05, 0) is 17.7 Å². The zero-order valence-corrected chi connectivity index (χ0v) is 9.17. The smallest absolute Gasteiger partial charge is 0.337 e. The molecule has 0 aliphatic carbocycles. The lowest BCUT2D eigenvalue weighted by Crippen LogP contribution is -2.35. The van der Waals surface area contributed by atoms with Crippen molar-refractivity contribution in [3.8, 4) is 0 Å². The van der Waals surface area contributed by atoms with Gasteiger partial charge in [0.05, 0.1) is 12.7 Å². The van der Waals surface area contributed by atoms with Crippen LogP contribution in [0.3, 0.4) is 0 Å². The van der Waals surface area contributed by atoms with Crippen molar-refractivity contribution in [2.75, 3.05) is 12.4 Å². The molecule has 1 aliphatic heterocycles. The van der Waals surface area contributed by atoms with Gasteiger partial charge in [-0.25, -0.2) is 4.79 Å². The number of anilines is 1. The highest BCUT2D eigenvalue weighted by atomic mass is 32.1. The molecular formula is C10H12N2O2S. The minimum Gasteiger partial charge on any atom is -0.465 e. The summed E-state index contributed by atoms with van der Waals surface area (Å²) in [6.07, 6.45) is 0. The van der Waals surface area contributed by atoms with Gasteiger partial charge in [0.2, 0.25) is 0 Å². The average Bonchev–Trinajstić information content (AvgIpc) is 2.27. The Kier molecular flexibility index (Phi) is 2.83. The first-order valence-electron chi connectivity index (χ1n) is 4.60. The van der Waals surface area contributed by atoms with E-state index in [1.165, 1.54) is 7.11 Å². The molecule has 5 heteroatoms. The molecule has 0 aromatic heterocycles. The number of methoxy groups -OCH3 is 1. The molecule has 0 saturated carbocycles. The summed E-state index contributed by atoms with van der Waals surface area (Å²) >= 11 is 4.26. The second kappa shape index (κ2) is 4.12. The Morgan fingerprint density at radius 3 is 3.13 bits per heavy atom. The molecule has 1 atom stereocenters. The maximum atomic E-state index is 11.3. The van der Waals surface area contributed by atoms with Crippen LogP contribution in [-0.4, -0.2) is 18.6 Å². The minimum atomic E-state index is -0.325. The second-order valence-corrected chi connectivity index (χ2v) is 3.81. The number of ether oxygens (including phenoxy) is 1. The summed E-state index contributed by atoms with van der Waals surface area (Å²) in [5.41, 5.74) is 2.51. The number of rotatable bonds is 1. The maximum Gasteiger partial charge on any atom is 0.337 e. The molecule has 1 heterocycles. The fourth-order valence-electron chi connectivity index (χ4n) is 1.51. The van der Waals surface area contributed by atoms with Crippen molar-refractivity contribution in [1.29, 1.82) is 0 Å². The Hall–Kier alpha value is -1.20. The van der Waals surface area contributed by atoms with Crippen LogP contribution >= 0.6 is 12.6 Å². The van der Waals surface area contributed by atoms with Crippen LogP contribution in [0.2, 0.25) is 0 Å². The van der Waals surface area contributed by atoms with Crippen molar-refractivity contribution in [1.82, 2.24) is 5.32 Å². The van der Waals surface area contributed by atoms with Crippen molar-refractivity contribution < 1.29 is 9.53 Å². The molecule has 4 nitrogen and oxygen atoms in total. The number of benzene rings is 1. The molecule has 80 valence electrons. The van der Waals surface area contributed by atoms with Gasteiger partial charge in [0, 0.05) is 12.2 Å². The Balaban J connectivity index is 2.32. The van der Waals surface area contributed by atoms with Crippen molar-refractivity contribution in [2.24, 2.45) is 0 Å². The molecule has 2 rings (SSSR count). The van der Waals surface area contributed by atoms with Gasteiger partial charge >= 0.3 is 5.97 Å². The summed E-state index contributed by atoms with van der Waals surface area (Å²) in [6, 6.07) is 5.44. The Bertz CT molecular complexity index is 395. The van der Waals surface area contributed by atoms with Gasteiger partial charge < -0.3 is 10.1 Å². The van der Waals surface area contributed by atoms with Gasteiger partial charge in [0.15, 0.2) is 0 Å². The molecule has 15 heavy (non-hydrogen) atoms. The summed E-state index contributed by atoms with van der Waals surface area (Å²) < 4.78 is 4.65. The number of carbonyl (C=O) groups is 1. The fraction of sp³-hybridized carbons (Fsp3) is 0.300. The number of hydrogen-bond donors (Lipinski definition) is 3. The lowest BCUT2D eigenvalue weighted by Gasteiger charge is -2.25. The van der Waals surface area contributed by atoms with Gasteiger partial charge in [-0.2, -0.15) is 0 Å². The van der Waals surface area contributed by atoms with Crippen LogP contribution in [-0.2, 0) is 11.3 Å². The molecule has 0 amide bonds. The third kappa shape index (κ3) is 2.08. The molecular weight excluding hydrogens is 212 g/mol. The van der Waals surface area contributed by atoms with E-state index in [2.05, 4.69) is 28.0 Å². The highest BCUT2D eigenvalue weighted by Crippen LogP contribution is 2.22. The first-order valence-corrected chi connectivity index (χ1v) is 5.11. The third-order valence-corrected chi connectivity index (χ3v) is 2.62. The number of thiol groups is 1. The van der Waals surface area contributed by atoms with E-state index in [0.717, 1.165) is 17.8 Å². The molecule has 0 radical (unpaired) electrons. The largest absolute Gasteiger partial charge is 0.465 e. The third-order valence-electron chi connectivity index (χ3n) is 2.31. The molecule has 0 spiro atoms. The molecule has 1 aliphatic rings. The number of fused-ring (bicyclic) bond motifs is 1. The standard InChI is InChI=1S/C10H12N2O2S/c1-14-9(13)6-2-3-7-5-11-10(15)12-8(7)4-6/h2-4,10-12,15H,5H2,1H3. The van der Waals surface area contributed by atoms with Crippen LogP contribution in [0.5, 0.6) is 0 Å². The van der Waals surface area contributed by atoms with E-state index in [4.69, 9.17) is 0 Å². The van der Waals surface area contributed by atoms with E-state index in [9.17, 15) is 4.79 Å². The van der Waals surface area contributed by atoms with Crippen LogP contribution in [0.25, 0.3) is 0 Å². The predicted molar refractivity (Wildman–Crippen MR) is 61.0 cm³/mol. The van der Waals surface area contributed by atoms with Crippen molar-refractivity contribution in [3.05, 3.63) is 29.3 Å². The molecule has 1 unspecified atom stereocenters. The lowest BCUT2D eigenvalue weighted by atomic mass is 10.1. The number of esters is 1. The van der Waals surface area contributed by atoms with Gasteiger partial charge in [-0.3, -0.25) is 5.32 Å². The molecule has 2 N–H and O–H groups in total. The monoisotopic (exact) mass is 224 g/mol. The predicted octanol–water partition coefficient (Wildman–Crippen LogP) is 1.20. The lowest BCUT2D eigenvalue weighted by molar-refractivity contribution is 0.0601. The first-order chi connectivity index (χ1) is 7.20. The van der Waals surface area contributed by atoms with Gasteiger partial charge in [-0.1, -0.05) is 6.07 Å². The molecule has 1 aromatic carbocycles. The highest BCUT2D eigenvalue weighted by molar-refractivity contribution is 7.81. The molecule has 0 saturated heterocycles. The quantitative estimate of drug-likeness (QED) is 0.495.